The standard InChI is InChI=1S/C25H19FIN3O5S/c1-2-34-21-12-16(11-20(27)23(21)35-14-15-4-3-5-19(10-15)30(32)33)13-22-24(31)29-25(36-22)28-18-8-6-17(26)7-9-18/h3-13H,2,14H2,1H3,(H,28,29,31)/b22-13+. The monoisotopic (exact) mass is 619 g/mol. The molecule has 1 fully saturated rings. The Morgan fingerprint density at radius 1 is 1.17 bits per heavy atom. The first-order valence-electron chi connectivity index (χ1n) is 10.7. The number of ether oxygens (including phenoxy) is 2. The maximum atomic E-state index is 13.1. The molecule has 8 nitrogen and oxygen atoms in total. The lowest BCUT2D eigenvalue weighted by atomic mass is 10.1. The van der Waals surface area contributed by atoms with E-state index in [4.69, 9.17) is 9.47 Å². The number of halogens is 2. The smallest absolute Gasteiger partial charge is 0.269 e. The average molecular weight is 619 g/mol. The van der Waals surface area contributed by atoms with Gasteiger partial charge in [0.15, 0.2) is 16.7 Å². The van der Waals surface area contributed by atoms with Gasteiger partial charge in [-0.1, -0.05) is 12.1 Å². The predicted molar refractivity (Wildman–Crippen MR) is 145 cm³/mol. The fourth-order valence-corrected chi connectivity index (χ4v) is 4.88. The maximum absolute atomic E-state index is 13.1. The number of hydrogen-bond acceptors (Lipinski definition) is 7. The largest absolute Gasteiger partial charge is 0.490 e. The van der Waals surface area contributed by atoms with Crippen LogP contribution in [0.4, 0.5) is 15.8 Å². The molecule has 0 saturated carbocycles. The van der Waals surface area contributed by atoms with Crippen molar-refractivity contribution in [1.82, 2.24) is 5.32 Å². The van der Waals surface area contributed by atoms with Gasteiger partial charge >= 0.3 is 0 Å². The van der Waals surface area contributed by atoms with Gasteiger partial charge in [0, 0.05) is 12.1 Å². The van der Waals surface area contributed by atoms with Crippen LogP contribution in [0.5, 0.6) is 11.5 Å². The van der Waals surface area contributed by atoms with E-state index in [2.05, 4.69) is 32.9 Å². The zero-order chi connectivity index (χ0) is 25.7. The molecule has 1 N–H and O–H groups in total. The highest BCUT2D eigenvalue weighted by atomic mass is 127. The Labute approximate surface area is 223 Å². The molecule has 184 valence electrons. The number of hydrogen-bond donors (Lipinski definition) is 1. The zero-order valence-electron chi connectivity index (χ0n) is 18.9. The minimum atomic E-state index is -0.450. The van der Waals surface area contributed by atoms with Gasteiger partial charge in [-0.25, -0.2) is 9.38 Å². The van der Waals surface area contributed by atoms with Gasteiger partial charge in [0.1, 0.15) is 12.4 Å². The normalized spacial score (nSPS) is 15.2. The third-order valence-corrected chi connectivity index (χ3v) is 6.55. The van der Waals surface area contributed by atoms with Crippen molar-refractivity contribution >= 4 is 62.9 Å². The second-order valence-electron chi connectivity index (χ2n) is 7.44. The summed E-state index contributed by atoms with van der Waals surface area (Å²) >= 11 is 3.30. The summed E-state index contributed by atoms with van der Waals surface area (Å²) in [4.78, 5) is 27.9. The molecule has 1 aliphatic rings. The highest BCUT2D eigenvalue weighted by molar-refractivity contribution is 14.1. The van der Waals surface area contributed by atoms with Crippen LogP contribution in [0.3, 0.4) is 0 Å². The molecular weight excluding hydrogens is 600 g/mol. The van der Waals surface area contributed by atoms with Crippen molar-refractivity contribution in [2.24, 2.45) is 4.99 Å². The van der Waals surface area contributed by atoms with E-state index >= 15 is 0 Å². The molecule has 0 bridgehead atoms. The molecular formula is C25H19FIN3O5S. The number of nitro benzene ring substituents is 1. The molecule has 0 radical (unpaired) electrons. The van der Waals surface area contributed by atoms with Crippen molar-refractivity contribution in [2.75, 3.05) is 6.61 Å². The van der Waals surface area contributed by atoms with E-state index < -0.39 is 4.92 Å². The summed E-state index contributed by atoms with van der Waals surface area (Å²) in [5.74, 6) is 0.346. The number of amidine groups is 1. The Hall–Kier alpha value is -3.45. The van der Waals surface area contributed by atoms with Crippen LogP contribution in [0.2, 0.25) is 0 Å². The van der Waals surface area contributed by atoms with Gasteiger partial charge in [0.05, 0.1) is 25.7 Å². The number of nitrogens with zero attached hydrogens (tertiary/aromatic N) is 2. The summed E-state index contributed by atoms with van der Waals surface area (Å²) in [6.07, 6.45) is 1.72. The summed E-state index contributed by atoms with van der Waals surface area (Å²) in [6.45, 7) is 2.37. The molecule has 3 aromatic carbocycles. The Morgan fingerprint density at radius 3 is 2.67 bits per heavy atom. The summed E-state index contributed by atoms with van der Waals surface area (Å²) in [6, 6.07) is 15.5. The Morgan fingerprint density at radius 2 is 1.94 bits per heavy atom. The van der Waals surface area contributed by atoms with E-state index in [1.54, 1.807) is 24.3 Å². The Bertz CT molecular complexity index is 1380. The van der Waals surface area contributed by atoms with E-state index in [1.165, 1.54) is 48.2 Å². The summed E-state index contributed by atoms with van der Waals surface area (Å²) in [5.41, 5.74) is 1.90. The molecule has 1 heterocycles. The highest BCUT2D eigenvalue weighted by Gasteiger charge is 2.24. The van der Waals surface area contributed by atoms with E-state index in [0.717, 1.165) is 9.13 Å². The van der Waals surface area contributed by atoms with Gasteiger partial charge in [0.2, 0.25) is 0 Å². The molecule has 11 heteroatoms. The first kappa shape index (κ1) is 25.6. The van der Waals surface area contributed by atoms with Gasteiger partial charge in [-0.05, 0) is 94.9 Å². The fraction of sp³-hybridized carbons (Fsp3) is 0.120. The SMILES string of the molecule is CCOc1cc(/C=C2/SC(=Nc3ccc(F)cc3)NC2=O)cc(I)c1OCc1cccc([N+](=O)[O-])c1. The van der Waals surface area contributed by atoms with Crippen LogP contribution in [-0.2, 0) is 11.4 Å². The third-order valence-electron chi connectivity index (χ3n) is 4.84. The van der Waals surface area contributed by atoms with E-state index in [1.807, 2.05) is 13.0 Å². The molecule has 1 aliphatic heterocycles. The number of thioether (sulfide) groups is 1. The van der Waals surface area contributed by atoms with Gasteiger partial charge in [-0.15, -0.1) is 0 Å². The van der Waals surface area contributed by atoms with Gasteiger partial charge < -0.3 is 14.8 Å². The molecule has 0 aliphatic carbocycles. The van der Waals surface area contributed by atoms with Crippen LogP contribution in [0.25, 0.3) is 6.08 Å². The molecule has 1 amide bonds. The van der Waals surface area contributed by atoms with E-state index in [9.17, 15) is 19.3 Å². The van der Waals surface area contributed by atoms with Crippen LogP contribution in [0.1, 0.15) is 18.1 Å². The molecule has 4 rings (SSSR count). The number of benzene rings is 3. The van der Waals surface area contributed by atoms with Crippen LogP contribution in [-0.4, -0.2) is 22.6 Å². The number of carbonyl (C=O) groups excluding carboxylic acids is 1. The first-order chi connectivity index (χ1) is 17.3. The lowest BCUT2D eigenvalue weighted by molar-refractivity contribution is -0.384. The number of rotatable bonds is 8. The van der Waals surface area contributed by atoms with Crippen molar-refractivity contribution < 1.29 is 23.6 Å². The van der Waals surface area contributed by atoms with Crippen LogP contribution >= 0.6 is 34.4 Å². The fourth-order valence-electron chi connectivity index (χ4n) is 3.25. The topological polar surface area (TPSA) is 103 Å². The van der Waals surface area contributed by atoms with Crippen LogP contribution in [0, 0.1) is 19.5 Å². The molecule has 0 aromatic heterocycles. The quantitative estimate of drug-likeness (QED) is 0.139. The van der Waals surface area contributed by atoms with E-state index in [0.29, 0.717) is 39.4 Å². The highest BCUT2D eigenvalue weighted by Crippen LogP contribution is 2.37. The van der Waals surface area contributed by atoms with Crippen molar-refractivity contribution in [3.63, 3.8) is 0 Å². The molecule has 0 atom stereocenters. The Kier molecular flexibility index (Phi) is 8.21. The number of non-ortho nitro benzene ring substituents is 1. The lowest BCUT2D eigenvalue weighted by Crippen LogP contribution is -2.19. The van der Waals surface area contributed by atoms with Crippen LogP contribution < -0.4 is 14.8 Å². The van der Waals surface area contributed by atoms with Crippen molar-refractivity contribution in [2.45, 2.75) is 13.5 Å². The molecule has 3 aromatic rings. The van der Waals surface area contributed by atoms with Gasteiger partial charge in [0.25, 0.3) is 11.6 Å². The molecule has 36 heavy (non-hydrogen) atoms. The van der Waals surface area contributed by atoms with E-state index in [-0.39, 0.29) is 24.0 Å². The number of amides is 1. The minimum Gasteiger partial charge on any atom is -0.490 e. The van der Waals surface area contributed by atoms with Crippen molar-refractivity contribution in [1.29, 1.82) is 0 Å². The Balaban J connectivity index is 1.55. The predicted octanol–water partition coefficient (Wildman–Crippen LogP) is 6.21. The van der Waals surface area contributed by atoms with Crippen LogP contribution in [0.15, 0.2) is 70.6 Å². The minimum absolute atomic E-state index is 0.00696. The summed E-state index contributed by atoms with van der Waals surface area (Å²) < 4.78 is 25.6. The summed E-state index contributed by atoms with van der Waals surface area (Å²) in [5, 5.41) is 14.1. The van der Waals surface area contributed by atoms with Gasteiger partial charge in [-0.3, -0.25) is 14.9 Å². The first-order valence-corrected chi connectivity index (χ1v) is 12.6. The number of aliphatic imine (C=N–C) groups is 1. The third kappa shape index (κ3) is 6.40. The average Bonchev–Trinajstić information content (AvgIpc) is 3.18. The number of nitrogens with one attached hydrogen (secondary N) is 1. The molecule has 0 unspecified atom stereocenters. The molecule has 1 saturated heterocycles. The lowest BCUT2D eigenvalue weighted by Gasteiger charge is -2.15. The second kappa shape index (κ2) is 11.5. The zero-order valence-corrected chi connectivity index (χ0v) is 21.8. The second-order valence-corrected chi connectivity index (χ2v) is 9.63. The van der Waals surface area contributed by atoms with Crippen molar-refractivity contribution in [3.8, 4) is 11.5 Å². The number of carbonyl (C=O) groups is 1. The molecule has 0 spiro atoms. The summed E-state index contributed by atoms with van der Waals surface area (Å²) in [7, 11) is 0. The number of nitro groups is 1. The van der Waals surface area contributed by atoms with Gasteiger partial charge in [-0.2, -0.15) is 0 Å². The maximum Gasteiger partial charge on any atom is 0.269 e. The van der Waals surface area contributed by atoms with Crippen molar-refractivity contribution in [3.05, 3.63) is 96.2 Å².